The van der Waals surface area contributed by atoms with Crippen molar-refractivity contribution in [2.75, 3.05) is 19.7 Å². The van der Waals surface area contributed by atoms with E-state index < -0.39 is 17.9 Å². The Bertz CT molecular complexity index is 854. The molecule has 2 aromatic rings. The van der Waals surface area contributed by atoms with Gasteiger partial charge in [-0.15, -0.1) is 0 Å². The summed E-state index contributed by atoms with van der Waals surface area (Å²) in [6, 6.07) is 10.9. The number of hydrogen-bond donors (Lipinski definition) is 2. The number of fused-ring (bicyclic) bond motifs is 1. The van der Waals surface area contributed by atoms with Crippen LogP contribution in [0.5, 0.6) is 0 Å². The second-order valence-electron chi connectivity index (χ2n) is 6.32. The van der Waals surface area contributed by atoms with Crippen LogP contribution in [0.3, 0.4) is 0 Å². The Morgan fingerprint density at radius 3 is 2.81 bits per heavy atom. The summed E-state index contributed by atoms with van der Waals surface area (Å²) in [5.41, 5.74) is 5.74. The number of hydrogen-bond acceptors (Lipinski definition) is 5. The fourth-order valence-electron chi connectivity index (χ4n) is 3.05. The molecular formula is C19H22N4O4. The number of ether oxygens (including phenoxy) is 1. The van der Waals surface area contributed by atoms with Gasteiger partial charge >= 0.3 is 6.09 Å². The highest BCUT2D eigenvalue weighted by molar-refractivity contribution is 5.96. The summed E-state index contributed by atoms with van der Waals surface area (Å²) in [6.07, 6.45) is 0.933. The van der Waals surface area contributed by atoms with Crippen molar-refractivity contribution < 1.29 is 19.1 Å². The van der Waals surface area contributed by atoms with Crippen LogP contribution < -0.4 is 10.9 Å². The van der Waals surface area contributed by atoms with Gasteiger partial charge in [0, 0.05) is 18.5 Å². The summed E-state index contributed by atoms with van der Waals surface area (Å²) < 4.78 is 4.98. The Morgan fingerprint density at radius 2 is 2.00 bits per heavy atom. The molecular weight excluding hydrogens is 348 g/mol. The molecule has 0 unspecified atom stereocenters. The molecule has 8 nitrogen and oxygen atoms in total. The van der Waals surface area contributed by atoms with Crippen molar-refractivity contribution >= 4 is 28.8 Å². The molecule has 1 aliphatic heterocycles. The van der Waals surface area contributed by atoms with Crippen LogP contribution >= 0.6 is 0 Å². The summed E-state index contributed by atoms with van der Waals surface area (Å²) >= 11 is 0. The molecule has 0 saturated carbocycles. The minimum Gasteiger partial charge on any atom is -0.450 e. The molecule has 27 heavy (non-hydrogen) atoms. The molecule has 0 radical (unpaired) electrons. The maximum absolute atomic E-state index is 12.3. The third-order valence-electron chi connectivity index (χ3n) is 4.45. The van der Waals surface area contributed by atoms with Crippen LogP contribution in [0.2, 0.25) is 0 Å². The molecule has 1 aromatic carbocycles. The molecule has 0 bridgehead atoms. The number of aromatic nitrogens is 1. The summed E-state index contributed by atoms with van der Waals surface area (Å²) in [5.74, 6) is -1.22. The molecule has 1 saturated heterocycles. The molecule has 142 valence electrons. The number of likely N-dealkylation sites (tertiary alicyclic amines) is 1. The summed E-state index contributed by atoms with van der Waals surface area (Å²) in [6.45, 7) is 2.87. The maximum atomic E-state index is 12.3. The second-order valence-corrected chi connectivity index (χ2v) is 6.32. The molecule has 1 aliphatic rings. The first kappa shape index (κ1) is 18.6. The molecule has 0 aliphatic carbocycles. The Labute approximate surface area is 156 Å². The zero-order chi connectivity index (χ0) is 19.2. The van der Waals surface area contributed by atoms with Crippen LogP contribution in [-0.2, 0) is 9.53 Å². The van der Waals surface area contributed by atoms with Crippen LogP contribution in [0.25, 0.3) is 10.9 Å². The highest BCUT2D eigenvalue weighted by Crippen LogP contribution is 2.17. The van der Waals surface area contributed by atoms with Gasteiger partial charge in [0.25, 0.3) is 5.91 Å². The lowest BCUT2D eigenvalue weighted by Crippen LogP contribution is -2.50. The monoisotopic (exact) mass is 370 g/mol. The van der Waals surface area contributed by atoms with Gasteiger partial charge in [0.1, 0.15) is 5.69 Å². The number of carbonyl (C=O) groups excluding carboxylic acids is 3. The number of benzene rings is 1. The van der Waals surface area contributed by atoms with Crippen molar-refractivity contribution in [1.82, 2.24) is 20.7 Å². The van der Waals surface area contributed by atoms with Crippen LogP contribution in [-0.4, -0.2) is 47.5 Å². The van der Waals surface area contributed by atoms with Crippen molar-refractivity contribution in [2.45, 2.75) is 19.8 Å². The van der Waals surface area contributed by atoms with Crippen LogP contribution in [0, 0.1) is 5.92 Å². The fourth-order valence-corrected chi connectivity index (χ4v) is 3.05. The largest absolute Gasteiger partial charge is 0.450 e. The average molecular weight is 370 g/mol. The third-order valence-corrected chi connectivity index (χ3v) is 4.45. The standard InChI is InChI=1S/C19H22N4O4/c1-2-27-19(26)23-11-5-7-14(12-23)17(24)21-22-18(25)16-10-9-13-6-3-4-8-15(13)20-16/h3-4,6,8-10,14H,2,5,7,11-12H2,1H3,(H,21,24)(H,22,25)/t14-/m1/s1. The van der Waals surface area contributed by atoms with Gasteiger partial charge in [0.05, 0.1) is 18.0 Å². The number of nitrogens with zero attached hydrogens (tertiary/aromatic N) is 2. The quantitative estimate of drug-likeness (QED) is 0.803. The van der Waals surface area contributed by atoms with E-state index in [1.807, 2.05) is 24.3 Å². The first-order valence-corrected chi connectivity index (χ1v) is 8.96. The molecule has 1 fully saturated rings. The zero-order valence-corrected chi connectivity index (χ0v) is 15.1. The van der Waals surface area contributed by atoms with E-state index in [4.69, 9.17) is 4.74 Å². The van der Waals surface area contributed by atoms with Gasteiger partial charge in [0.2, 0.25) is 5.91 Å². The van der Waals surface area contributed by atoms with Crippen LogP contribution in [0.15, 0.2) is 36.4 Å². The summed E-state index contributed by atoms with van der Waals surface area (Å²) in [4.78, 5) is 42.2. The highest BCUT2D eigenvalue weighted by Gasteiger charge is 2.29. The number of hydrazine groups is 1. The molecule has 1 aromatic heterocycles. The number of piperidine rings is 1. The van der Waals surface area contributed by atoms with Crippen LogP contribution in [0.1, 0.15) is 30.3 Å². The van der Waals surface area contributed by atoms with E-state index in [-0.39, 0.29) is 18.1 Å². The first-order chi connectivity index (χ1) is 13.1. The zero-order valence-electron chi connectivity index (χ0n) is 15.1. The van der Waals surface area contributed by atoms with E-state index in [0.29, 0.717) is 31.5 Å². The Kier molecular flexibility index (Phi) is 5.85. The van der Waals surface area contributed by atoms with E-state index in [9.17, 15) is 14.4 Å². The van der Waals surface area contributed by atoms with Crippen molar-refractivity contribution in [3.63, 3.8) is 0 Å². The number of amides is 3. The van der Waals surface area contributed by atoms with Gasteiger partial charge in [-0.3, -0.25) is 20.4 Å². The van der Waals surface area contributed by atoms with E-state index in [0.717, 1.165) is 5.39 Å². The van der Waals surface area contributed by atoms with Gasteiger partial charge in [-0.25, -0.2) is 9.78 Å². The minimum atomic E-state index is -0.493. The number of pyridine rings is 1. The van der Waals surface area contributed by atoms with Gasteiger partial charge in [-0.2, -0.15) is 0 Å². The number of rotatable bonds is 3. The van der Waals surface area contributed by atoms with E-state index in [1.54, 1.807) is 19.1 Å². The molecule has 3 amide bonds. The van der Waals surface area contributed by atoms with Crippen LogP contribution in [0.4, 0.5) is 4.79 Å². The predicted octanol–water partition coefficient (Wildman–Crippen LogP) is 1.86. The summed E-state index contributed by atoms with van der Waals surface area (Å²) in [7, 11) is 0. The van der Waals surface area contributed by atoms with E-state index in [1.165, 1.54) is 4.90 Å². The van der Waals surface area contributed by atoms with E-state index >= 15 is 0 Å². The molecule has 3 rings (SSSR count). The predicted molar refractivity (Wildman–Crippen MR) is 98.7 cm³/mol. The van der Waals surface area contributed by atoms with Gasteiger partial charge in [-0.05, 0) is 31.9 Å². The van der Waals surface area contributed by atoms with Crippen molar-refractivity contribution in [1.29, 1.82) is 0 Å². The Balaban J connectivity index is 1.56. The number of nitrogens with one attached hydrogen (secondary N) is 2. The van der Waals surface area contributed by atoms with Gasteiger partial charge < -0.3 is 9.64 Å². The lowest BCUT2D eigenvalue weighted by atomic mass is 9.98. The smallest absolute Gasteiger partial charge is 0.409 e. The number of carbonyl (C=O) groups is 3. The molecule has 2 N–H and O–H groups in total. The van der Waals surface area contributed by atoms with Crippen molar-refractivity contribution in [2.24, 2.45) is 5.92 Å². The summed E-state index contributed by atoms with van der Waals surface area (Å²) in [5, 5.41) is 0.930. The SMILES string of the molecule is CCOC(=O)N1CCC[C@@H](C(=O)NNC(=O)c2ccc3ccccc3n2)C1. The Hall–Kier alpha value is -3.16. The first-order valence-electron chi connectivity index (χ1n) is 8.96. The van der Waals surface area contributed by atoms with Crippen molar-refractivity contribution in [3.05, 3.63) is 42.1 Å². The molecule has 2 heterocycles. The highest BCUT2D eigenvalue weighted by atomic mass is 16.6. The van der Waals surface area contributed by atoms with Gasteiger partial charge in [-0.1, -0.05) is 24.3 Å². The van der Waals surface area contributed by atoms with Crippen molar-refractivity contribution in [3.8, 4) is 0 Å². The fraction of sp³-hybridized carbons (Fsp3) is 0.368. The lowest BCUT2D eigenvalue weighted by molar-refractivity contribution is -0.127. The Morgan fingerprint density at radius 1 is 1.19 bits per heavy atom. The van der Waals surface area contributed by atoms with E-state index in [2.05, 4.69) is 15.8 Å². The molecule has 1 atom stereocenters. The second kappa shape index (κ2) is 8.48. The normalized spacial score (nSPS) is 16.6. The topological polar surface area (TPSA) is 101 Å². The average Bonchev–Trinajstić information content (AvgIpc) is 2.71. The van der Waals surface area contributed by atoms with Gasteiger partial charge in [0.15, 0.2) is 0 Å². The lowest BCUT2D eigenvalue weighted by Gasteiger charge is -2.31. The molecule has 0 spiro atoms. The maximum Gasteiger partial charge on any atom is 0.409 e. The number of para-hydroxylation sites is 1. The third kappa shape index (κ3) is 4.52. The minimum absolute atomic E-state index is 0.214. The molecule has 8 heteroatoms.